The quantitative estimate of drug-likeness (QED) is 0.488. The summed E-state index contributed by atoms with van der Waals surface area (Å²) in [6.45, 7) is 3.59. The Hall–Kier alpha value is -1.38. The summed E-state index contributed by atoms with van der Waals surface area (Å²) < 4.78 is 1.66. The monoisotopic (exact) mass is 164 g/mol. The maximum Gasteiger partial charge on any atom is 0.120 e. The van der Waals surface area contributed by atoms with Gasteiger partial charge in [0.15, 0.2) is 0 Å². The Morgan fingerprint density at radius 1 is 1.67 bits per heavy atom. The molecule has 3 nitrogen and oxygen atoms in total. The highest BCUT2D eigenvalue weighted by molar-refractivity contribution is 5.49. The van der Waals surface area contributed by atoms with Gasteiger partial charge in [0.05, 0.1) is 6.20 Å². The number of rotatable bonds is 5. The predicted octanol–water partition coefficient (Wildman–Crippen LogP) is 1.51. The number of hydrogen-bond donors (Lipinski definition) is 0. The number of hydrogen-bond acceptors (Lipinski definition) is 2. The van der Waals surface area contributed by atoms with Gasteiger partial charge in [0, 0.05) is 18.8 Å². The van der Waals surface area contributed by atoms with Crippen LogP contribution < -0.4 is 0 Å². The van der Waals surface area contributed by atoms with E-state index in [1.807, 2.05) is 6.20 Å². The Bertz CT molecular complexity index is 265. The average Bonchev–Trinajstić information content (AvgIpc) is 2.53. The highest BCUT2D eigenvalue weighted by Crippen LogP contribution is 2.02. The first-order chi connectivity index (χ1) is 5.86. The van der Waals surface area contributed by atoms with E-state index in [2.05, 4.69) is 11.7 Å². The maximum absolute atomic E-state index is 10.0. The molecule has 3 heteroatoms. The molecule has 1 rings (SSSR count). The van der Waals surface area contributed by atoms with Gasteiger partial charge >= 0.3 is 0 Å². The molecule has 0 aliphatic rings. The Balaban J connectivity index is 2.41. The molecule has 1 heterocycles. The Morgan fingerprint density at radius 3 is 3.08 bits per heavy atom. The number of unbranched alkanes of at least 4 members (excludes halogenated alkanes) is 1. The van der Waals surface area contributed by atoms with Gasteiger partial charge in [0.2, 0.25) is 0 Å². The molecule has 0 spiro atoms. The fourth-order valence-corrected chi connectivity index (χ4v) is 0.996. The smallest absolute Gasteiger partial charge is 0.120 e. The molecule has 0 bridgehead atoms. The van der Waals surface area contributed by atoms with Crippen molar-refractivity contribution >= 4 is 12.5 Å². The number of carbonyl (C=O) groups excluding carboxylic acids is 1. The molecular weight excluding hydrogens is 152 g/mol. The fourth-order valence-electron chi connectivity index (χ4n) is 0.996. The molecular formula is C9H12N2O. The second kappa shape index (κ2) is 4.49. The van der Waals surface area contributed by atoms with Gasteiger partial charge in [-0.05, 0) is 18.4 Å². The van der Waals surface area contributed by atoms with E-state index in [1.54, 1.807) is 17.1 Å². The van der Waals surface area contributed by atoms with Crippen molar-refractivity contribution in [1.29, 1.82) is 0 Å². The first-order valence-electron chi connectivity index (χ1n) is 3.96. The van der Waals surface area contributed by atoms with Gasteiger partial charge in [-0.3, -0.25) is 0 Å². The van der Waals surface area contributed by atoms with Crippen LogP contribution >= 0.6 is 0 Å². The van der Waals surface area contributed by atoms with Gasteiger partial charge in [-0.2, -0.15) is 5.10 Å². The minimum absolute atomic E-state index is 0.624. The molecule has 0 saturated heterocycles. The van der Waals surface area contributed by atoms with Crippen LogP contribution in [0.25, 0.3) is 6.20 Å². The van der Waals surface area contributed by atoms with Crippen LogP contribution in [0.4, 0.5) is 0 Å². The Morgan fingerprint density at radius 2 is 2.50 bits per heavy atom. The average molecular weight is 164 g/mol. The van der Waals surface area contributed by atoms with E-state index in [1.165, 1.54) is 0 Å². The zero-order chi connectivity index (χ0) is 8.81. The third kappa shape index (κ3) is 2.34. The number of aldehydes is 1. The van der Waals surface area contributed by atoms with Crippen LogP contribution in [0, 0.1) is 0 Å². The van der Waals surface area contributed by atoms with Gasteiger partial charge in [-0.15, -0.1) is 0 Å². The highest BCUT2D eigenvalue weighted by Gasteiger charge is 1.95. The topological polar surface area (TPSA) is 34.9 Å². The van der Waals surface area contributed by atoms with Gasteiger partial charge in [0.1, 0.15) is 6.29 Å². The van der Waals surface area contributed by atoms with Crippen molar-refractivity contribution in [2.75, 3.05) is 0 Å². The van der Waals surface area contributed by atoms with Crippen LogP contribution in [0.3, 0.4) is 0 Å². The molecule has 0 aliphatic carbocycles. The van der Waals surface area contributed by atoms with Crippen LogP contribution in [0.5, 0.6) is 0 Å². The summed E-state index contributed by atoms with van der Waals surface area (Å²) in [7, 11) is 0. The predicted molar refractivity (Wildman–Crippen MR) is 47.6 cm³/mol. The molecule has 0 amide bonds. The van der Waals surface area contributed by atoms with Crippen LogP contribution in [-0.4, -0.2) is 16.1 Å². The van der Waals surface area contributed by atoms with Crippen molar-refractivity contribution in [2.45, 2.75) is 19.3 Å². The first-order valence-corrected chi connectivity index (χ1v) is 3.96. The zero-order valence-electron chi connectivity index (χ0n) is 6.94. The lowest BCUT2D eigenvalue weighted by atomic mass is 10.2. The largest absolute Gasteiger partial charge is 0.303 e. The molecule has 0 atom stereocenters. The molecule has 1 aromatic rings. The molecule has 12 heavy (non-hydrogen) atoms. The van der Waals surface area contributed by atoms with E-state index < -0.39 is 0 Å². The third-order valence-corrected chi connectivity index (χ3v) is 1.63. The zero-order valence-corrected chi connectivity index (χ0v) is 6.94. The Kier molecular flexibility index (Phi) is 3.26. The summed E-state index contributed by atoms with van der Waals surface area (Å²) in [4.78, 5) is 10.0. The van der Waals surface area contributed by atoms with Gasteiger partial charge < -0.3 is 4.79 Å². The summed E-state index contributed by atoms with van der Waals surface area (Å²) in [5, 5.41) is 4.02. The van der Waals surface area contributed by atoms with E-state index in [4.69, 9.17) is 0 Å². The summed E-state index contributed by atoms with van der Waals surface area (Å²) in [6.07, 6.45) is 8.73. The molecule has 0 aromatic carbocycles. The van der Waals surface area contributed by atoms with E-state index in [0.29, 0.717) is 6.42 Å². The fraction of sp³-hybridized carbons (Fsp3) is 0.333. The summed E-state index contributed by atoms with van der Waals surface area (Å²) in [5.41, 5.74) is 1.15. The van der Waals surface area contributed by atoms with Crippen molar-refractivity contribution in [1.82, 2.24) is 9.78 Å². The molecule has 0 radical (unpaired) electrons. The van der Waals surface area contributed by atoms with Crippen LogP contribution in [0.15, 0.2) is 19.0 Å². The van der Waals surface area contributed by atoms with Gasteiger partial charge in [-0.25, -0.2) is 4.68 Å². The van der Waals surface area contributed by atoms with E-state index in [-0.39, 0.29) is 0 Å². The normalized spacial score (nSPS) is 9.67. The van der Waals surface area contributed by atoms with E-state index in [0.717, 1.165) is 24.7 Å². The number of aromatic nitrogens is 2. The lowest BCUT2D eigenvalue weighted by molar-refractivity contribution is -0.107. The van der Waals surface area contributed by atoms with Crippen molar-refractivity contribution < 1.29 is 4.79 Å². The maximum atomic E-state index is 10.0. The summed E-state index contributed by atoms with van der Waals surface area (Å²) in [5.74, 6) is 0. The first kappa shape index (κ1) is 8.71. The standard InChI is InChI=1S/C9H12N2O/c1-2-11-8-9(7-10-11)5-3-4-6-12/h2,6-8H,1,3-5H2. The summed E-state index contributed by atoms with van der Waals surface area (Å²) >= 11 is 0. The molecule has 0 fully saturated rings. The molecule has 0 aliphatic heterocycles. The molecule has 1 aromatic heterocycles. The van der Waals surface area contributed by atoms with Crippen molar-refractivity contribution in [3.8, 4) is 0 Å². The number of carbonyl (C=O) groups is 1. The third-order valence-electron chi connectivity index (χ3n) is 1.63. The summed E-state index contributed by atoms with van der Waals surface area (Å²) in [6, 6.07) is 0. The number of nitrogens with zero attached hydrogens (tertiary/aromatic N) is 2. The van der Waals surface area contributed by atoms with Crippen LogP contribution in [0.2, 0.25) is 0 Å². The lowest BCUT2D eigenvalue weighted by Crippen LogP contribution is -1.84. The number of aryl methyl sites for hydroxylation is 1. The van der Waals surface area contributed by atoms with Crippen molar-refractivity contribution in [3.63, 3.8) is 0 Å². The lowest BCUT2D eigenvalue weighted by Gasteiger charge is -1.90. The van der Waals surface area contributed by atoms with E-state index >= 15 is 0 Å². The molecule has 64 valence electrons. The second-order valence-corrected chi connectivity index (χ2v) is 2.57. The van der Waals surface area contributed by atoms with Gasteiger partial charge in [-0.1, -0.05) is 6.58 Å². The minimum atomic E-state index is 0.624. The van der Waals surface area contributed by atoms with Crippen LogP contribution in [-0.2, 0) is 11.2 Å². The second-order valence-electron chi connectivity index (χ2n) is 2.57. The van der Waals surface area contributed by atoms with Gasteiger partial charge in [0.25, 0.3) is 0 Å². The SMILES string of the molecule is C=Cn1cc(CCCC=O)cn1. The molecule has 0 unspecified atom stereocenters. The van der Waals surface area contributed by atoms with Crippen molar-refractivity contribution in [3.05, 3.63) is 24.5 Å². The minimum Gasteiger partial charge on any atom is -0.303 e. The molecule has 0 N–H and O–H groups in total. The molecule has 0 saturated carbocycles. The highest BCUT2D eigenvalue weighted by atomic mass is 16.1. The van der Waals surface area contributed by atoms with Crippen molar-refractivity contribution in [2.24, 2.45) is 0 Å². The van der Waals surface area contributed by atoms with E-state index in [9.17, 15) is 4.79 Å². The Labute approximate surface area is 71.7 Å². The van der Waals surface area contributed by atoms with Crippen LogP contribution in [0.1, 0.15) is 18.4 Å².